The molecule has 8 heteroatoms. The van der Waals surface area contributed by atoms with Crippen LogP contribution in [-0.4, -0.2) is 39.0 Å². The van der Waals surface area contributed by atoms with Crippen LogP contribution in [0.1, 0.15) is 11.6 Å². The summed E-state index contributed by atoms with van der Waals surface area (Å²) in [6.45, 7) is -1.34. The minimum atomic E-state index is -3.44. The Kier molecular flexibility index (Phi) is 6.98. The minimum absolute atomic E-state index is 0. The van der Waals surface area contributed by atoms with E-state index in [0.29, 0.717) is 0 Å². The van der Waals surface area contributed by atoms with E-state index in [-0.39, 0.29) is 35.2 Å². The quantitative estimate of drug-likeness (QED) is 0.837. The molecule has 0 saturated heterocycles. The molecule has 1 aromatic rings. The first-order valence-corrected chi connectivity index (χ1v) is 5.45. The second-order valence-corrected chi connectivity index (χ2v) is 3.86. The number of aliphatic hydroxyl groups excluding tert-OH is 1. The second-order valence-electron chi connectivity index (χ2n) is 3.86. The number of hydrogen-bond donors (Lipinski definition) is 2. The Balaban J connectivity index is 0.00000361. The third kappa shape index (κ3) is 3.62. The average molecular weight is 314 g/mol. The molecule has 0 unspecified atom stereocenters. The monoisotopic (exact) mass is 313 g/mol. The molecule has 0 aliphatic heterocycles. The fraction of sp³-hybridized carbons (Fsp3) is 0.500. The third-order valence-corrected chi connectivity index (χ3v) is 2.71. The molecule has 1 atom stereocenters. The van der Waals surface area contributed by atoms with Gasteiger partial charge in [-0.05, 0) is 17.7 Å². The summed E-state index contributed by atoms with van der Waals surface area (Å²) in [6, 6.07) is 0.983. The molecule has 0 saturated carbocycles. The standard InChI is InChI=1S/C12H17F2NO4.ClH/c1-17-8-4-7(11(15)12(13,14)6-16)5-9(18-2)10(8)19-3;/h4-5,11,16H,6,15H2,1-3H3;1H/t11-;/m1./s1. The highest BCUT2D eigenvalue weighted by atomic mass is 35.5. The van der Waals surface area contributed by atoms with Crippen molar-refractivity contribution in [1.82, 2.24) is 0 Å². The first kappa shape index (κ1) is 18.7. The van der Waals surface area contributed by atoms with Gasteiger partial charge in [-0.2, -0.15) is 0 Å². The number of methoxy groups -OCH3 is 3. The van der Waals surface area contributed by atoms with Crippen LogP contribution in [0.25, 0.3) is 0 Å². The molecular weight excluding hydrogens is 296 g/mol. The van der Waals surface area contributed by atoms with Crippen LogP contribution in [-0.2, 0) is 0 Å². The van der Waals surface area contributed by atoms with Gasteiger partial charge in [-0.3, -0.25) is 0 Å². The van der Waals surface area contributed by atoms with E-state index in [4.69, 9.17) is 25.1 Å². The summed E-state index contributed by atoms with van der Waals surface area (Å²) >= 11 is 0. The van der Waals surface area contributed by atoms with E-state index in [1.807, 2.05) is 0 Å². The predicted octanol–water partition coefficient (Wildman–Crippen LogP) is 1.76. The molecule has 116 valence electrons. The number of rotatable bonds is 6. The molecule has 0 bridgehead atoms. The minimum Gasteiger partial charge on any atom is -0.493 e. The van der Waals surface area contributed by atoms with Crippen LogP contribution in [0.5, 0.6) is 17.2 Å². The highest BCUT2D eigenvalue weighted by molar-refractivity contribution is 5.85. The number of halogens is 3. The lowest BCUT2D eigenvalue weighted by atomic mass is 10.0. The smallest absolute Gasteiger partial charge is 0.289 e. The lowest BCUT2D eigenvalue weighted by Gasteiger charge is -2.23. The largest absolute Gasteiger partial charge is 0.493 e. The van der Waals surface area contributed by atoms with E-state index in [2.05, 4.69) is 0 Å². The highest BCUT2D eigenvalue weighted by Crippen LogP contribution is 2.41. The summed E-state index contributed by atoms with van der Waals surface area (Å²) in [5, 5.41) is 8.66. The molecule has 0 aliphatic carbocycles. The van der Waals surface area contributed by atoms with Crippen molar-refractivity contribution < 1.29 is 28.1 Å². The van der Waals surface area contributed by atoms with E-state index >= 15 is 0 Å². The molecule has 0 aromatic heterocycles. The van der Waals surface area contributed by atoms with Crippen molar-refractivity contribution >= 4 is 12.4 Å². The van der Waals surface area contributed by atoms with Gasteiger partial charge in [-0.25, -0.2) is 8.78 Å². The molecule has 0 fully saturated rings. The lowest BCUT2D eigenvalue weighted by Crippen LogP contribution is -2.36. The first-order valence-electron chi connectivity index (χ1n) is 5.45. The average Bonchev–Trinajstić information content (AvgIpc) is 2.44. The number of ether oxygens (including phenoxy) is 3. The second kappa shape index (κ2) is 7.47. The molecule has 1 rings (SSSR count). The Morgan fingerprint density at radius 3 is 1.90 bits per heavy atom. The van der Waals surface area contributed by atoms with Crippen molar-refractivity contribution in [2.45, 2.75) is 12.0 Å². The Hall–Kier alpha value is -1.31. The Morgan fingerprint density at radius 2 is 1.60 bits per heavy atom. The number of alkyl halides is 2. The van der Waals surface area contributed by atoms with Gasteiger partial charge in [-0.15, -0.1) is 12.4 Å². The van der Waals surface area contributed by atoms with Crippen molar-refractivity contribution in [1.29, 1.82) is 0 Å². The number of benzene rings is 1. The molecule has 0 amide bonds. The summed E-state index contributed by atoms with van der Waals surface area (Å²) in [5.74, 6) is -2.71. The summed E-state index contributed by atoms with van der Waals surface area (Å²) < 4.78 is 42.0. The van der Waals surface area contributed by atoms with Gasteiger partial charge in [0.25, 0.3) is 5.92 Å². The summed E-state index contributed by atoms with van der Waals surface area (Å²) in [7, 11) is 4.15. The summed E-state index contributed by atoms with van der Waals surface area (Å²) in [4.78, 5) is 0. The maximum atomic E-state index is 13.4. The van der Waals surface area contributed by atoms with E-state index in [0.717, 1.165) is 0 Å². The van der Waals surface area contributed by atoms with Crippen LogP contribution in [0.3, 0.4) is 0 Å². The van der Waals surface area contributed by atoms with Crippen LogP contribution >= 0.6 is 12.4 Å². The van der Waals surface area contributed by atoms with Gasteiger partial charge in [0.2, 0.25) is 5.75 Å². The van der Waals surface area contributed by atoms with Crippen LogP contribution in [0.4, 0.5) is 8.78 Å². The fourth-order valence-electron chi connectivity index (χ4n) is 1.62. The third-order valence-electron chi connectivity index (χ3n) is 2.71. The number of hydrogen-bond acceptors (Lipinski definition) is 5. The Labute approximate surface area is 122 Å². The molecule has 20 heavy (non-hydrogen) atoms. The van der Waals surface area contributed by atoms with Gasteiger partial charge in [0, 0.05) is 0 Å². The van der Waals surface area contributed by atoms with Gasteiger partial charge >= 0.3 is 0 Å². The van der Waals surface area contributed by atoms with E-state index in [9.17, 15) is 8.78 Å². The van der Waals surface area contributed by atoms with Gasteiger partial charge in [0.15, 0.2) is 11.5 Å². The zero-order valence-electron chi connectivity index (χ0n) is 11.4. The van der Waals surface area contributed by atoms with E-state index in [1.54, 1.807) is 0 Å². The summed E-state index contributed by atoms with van der Waals surface area (Å²) in [5.41, 5.74) is 5.54. The molecule has 1 aromatic carbocycles. The first-order chi connectivity index (χ1) is 8.91. The Bertz CT molecular complexity index is 420. The zero-order valence-corrected chi connectivity index (χ0v) is 12.2. The maximum absolute atomic E-state index is 13.4. The van der Waals surface area contributed by atoms with E-state index < -0.39 is 18.6 Å². The molecule has 0 heterocycles. The van der Waals surface area contributed by atoms with Gasteiger partial charge < -0.3 is 25.1 Å². The lowest BCUT2D eigenvalue weighted by molar-refractivity contribution is -0.0712. The molecule has 3 N–H and O–H groups in total. The SMILES string of the molecule is COc1cc([C@@H](N)C(F)(F)CO)cc(OC)c1OC.Cl. The van der Waals surface area contributed by atoms with Crippen molar-refractivity contribution in [3.8, 4) is 17.2 Å². The van der Waals surface area contributed by atoms with Crippen molar-refractivity contribution in [3.05, 3.63) is 17.7 Å². The molecule has 5 nitrogen and oxygen atoms in total. The van der Waals surface area contributed by atoms with Crippen LogP contribution in [0.2, 0.25) is 0 Å². The van der Waals surface area contributed by atoms with Gasteiger partial charge in [0.05, 0.1) is 27.4 Å². The Morgan fingerprint density at radius 1 is 1.15 bits per heavy atom. The zero-order chi connectivity index (χ0) is 14.6. The van der Waals surface area contributed by atoms with Crippen LogP contribution in [0.15, 0.2) is 12.1 Å². The predicted molar refractivity (Wildman–Crippen MR) is 72.3 cm³/mol. The van der Waals surface area contributed by atoms with E-state index in [1.165, 1.54) is 33.5 Å². The molecular formula is C12H18ClF2NO4. The van der Waals surface area contributed by atoms with Crippen LogP contribution < -0.4 is 19.9 Å². The number of aliphatic hydroxyl groups is 1. The highest BCUT2D eigenvalue weighted by Gasteiger charge is 2.38. The normalized spacial score (nSPS) is 12.3. The molecule has 0 radical (unpaired) electrons. The van der Waals surface area contributed by atoms with Gasteiger partial charge in [-0.1, -0.05) is 0 Å². The maximum Gasteiger partial charge on any atom is 0.289 e. The van der Waals surface area contributed by atoms with Gasteiger partial charge in [0.1, 0.15) is 6.61 Å². The molecule has 0 spiro atoms. The molecule has 0 aliphatic rings. The topological polar surface area (TPSA) is 73.9 Å². The summed E-state index contributed by atoms with van der Waals surface area (Å²) in [6.07, 6.45) is 0. The number of nitrogens with two attached hydrogens (primary N) is 1. The van der Waals surface area contributed by atoms with Crippen LogP contribution in [0, 0.1) is 0 Å². The fourth-order valence-corrected chi connectivity index (χ4v) is 1.62. The van der Waals surface area contributed by atoms with Crippen molar-refractivity contribution in [2.24, 2.45) is 5.73 Å². The van der Waals surface area contributed by atoms with Crippen molar-refractivity contribution in [2.75, 3.05) is 27.9 Å². The van der Waals surface area contributed by atoms with Crippen molar-refractivity contribution in [3.63, 3.8) is 0 Å².